The van der Waals surface area contributed by atoms with Gasteiger partial charge in [0.05, 0.1) is 6.04 Å². The molecule has 1 N–H and O–H groups in total. The highest BCUT2D eigenvalue weighted by atomic mass is 32.1. The Kier molecular flexibility index (Phi) is 3.52. The maximum Gasteiger partial charge on any atom is 0.191 e. The summed E-state index contributed by atoms with van der Waals surface area (Å²) in [5.41, 5.74) is 2.98. The summed E-state index contributed by atoms with van der Waals surface area (Å²) in [6, 6.07) is 8.37. The molecule has 1 aromatic carbocycles. The number of aryl methyl sites for hydroxylation is 1. The summed E-state index contributed by atoms with van der Waals surface area (Å²) in [6.45, 7) is 3.95. The van der Waals surface area contributed by atoms with E-state index in [1.807, 2.05) is 42.8 Å². The predicted molar refractivity (Wildman–Crippen MR) is 80.8 cm³/mol. The fourth-order valence-corrected chi connectivity index (χ4v) is 2.64. The van der Waals surface area contributed by atoms with Gasteiger partial charge in [-0.2, -0.15) is 0 Å². The van der Waals surface area contributed by atoms with Crippen molar-refractivity contribution in [3.63, 3.8) is 0 Å². The third kappa shape index (κ3) is 2.72. The van der Waals surface area contributed by atoms with Crippen LogP contribution in [-0.4, -0.2) is 9.97 Å². The molecule has 1 unspecified atom stereocenters. The minimum atomic E-state index is 0.204. The summed E-state index contributed by atoms with van der Waals surface area (Å²) < 4.78 is 5.23. The summed E-state index contributed by atoms with van der Waals surface area (Å²) in [4.78, 5) is 8.63. The van der Waals surface area contributed by atoms with Crippen molar-refractivity contribution in [2.24, 2.45) is 0 Å². The van der Waals surface area contributed by atoms with Gasteiger partial charge in [0.15, 0.2) is 5.89 Å². The molecule has 0 aliphatic rings. The maximum absolute atomic E-state index is 5.23. The van der Waals surface area contributed by atoms with Crippen LogP contribution in [0.4, 0.5) is 5.69 Å². The molecule has 2 aromatic heterocycles. The van der Waals surface area contributed by atoms with Gasteiger partial charge in [-0.3, -0.25) is 0 Å². The number of thiazole rings is 1. The molecule has 3 rings (SSSR count). The van der Waals surface area contributed by atoms with E-state index >= 15 is 0 Å². The van der Waals surface area contributed by atoms with Gasteiger partial charge in [-0.1, -0.05) is 12.1 Å². The second-order valence-electron chi connectivity index (χ2n) is 4.57. The highest BCUT2D eigenvalue weighted by Crippen LogP contribution is 2.24. The molecule has 2 heterocycles. The fourth-order valence-electron chi connectivity index (χ4n) is 1.99. The largest absolute Gasteiger partial charge is 0.449 e. The van der Waals surface area contributed by atoms with E-state index in [9.17, 15) is 0 Å². The molecule has 0 radical (unpaired) electrons. The quantitative estimate of drug-likeness (QED) is 0.777. The molecule has 0 aliphatic heterocycles. The zero-order valence-corrected chi connectivity index (χ0v) is 12.1. The summed E-state index contributed by atoms with van der Waals surface area (Å²) in [7, 11) is 0. The molecule has 102 valence electrons. The summed E-state index contributed by atoms with van der Waals surface area (Å²) in [5.74, 6) is 0.680. The van der Waals surface area contributed by atoms with Gasteiger partial charge in [0, 0.05) is 29.8 Å². The average Bonchev–Trinajstić information content (AvgIpc) is 3.10. The van der Waals surface area contributed by atoms with Crippen molar-refractivity contribution >= 4 is 17.0 Å². The lowest BCUT2D eigenvalue weighted by molar-refractivity contribution is 0.521. The highest BCUT2D eigenvalue weighted by molar-refractivity contribution is 7.09. The Bertz CT molecular complexity index is 673. The number of aromatic nitrogens is 2. The van der Waals surface area contributed by atoms with Crippen LogP contribution in [0.2, 0.25) is 0 Å². The van der Waals surface area contributed by atoms with Gasteiger partial charge < -0.3 is 9.73 Å². The van der Waals surface area contributed by atoms with Crippen molar-refractivity contribution in [2.75, 3.05) is 5.32 Å². The maximum atomic E-state index is 5.23. The zero-order chi connectivity index (χ0) is 13.9. The van der Waals surface area contributed by atoms with Crippen molar-refractivity contribution in [2.45, 2.75) is 19.9 Å². The standard InChI is InChI=1S/C15H15N3OS/c1-10(15-16-7-8-20-15)17-13-5-3-12(4-6-13)14-9-19-11(2)18-14/h3-10,17H,1-2H3. The highest BCUT2D eigenvalue weighted by Gasteiger charge is 2.08. The number of anilines is 1. The molecule has 0 amide bonds. The molecule has 0 saturated carbocycles. The number of hydrogen-bond acceptors (Lipinski definition) is 5. The molecular weight excluding hydrogens is 270 g/mol. The molecule has 0 saturated heterocycles. The lowest BCUT2D eigenvalue weighted by atomic mass is 10.1. The SMILES string of the molecule is Cc1nc(-c2ccc(NC(C)c3nccs3)cc2)co1. The molecule has 0 bridgehead atoms. The molecule has 1 atom stereocenters. The molecule has 0 spiro atoms. The van der Waals surface area contributed by atoms with Gasteiger partial charge in [-0.25, -0.2) is 9.97 Å². The van der Waals surface area contributed by atoms with Crippen molar-refractivity contribution in [3.05, 3.63) is 53.0 Å². The number of nitrogens with zero attached hydrogens (tertiary/aromatic N) is 2. The van der Waals surface area contributed by atoms with Crippen LogP contribution < -0.4 is 5.32 Å². The summed E-state index contributed by atoms with van der Waals surface area (Å²) in [5, 5.41) is 6.51. The topological polar surface area (TPSA) is 51.0 Å². The summed E-state index contributed by atoms with van der Waals surface area (Å²) >= 11 is 1.66. The average molecular weight is 285 g/mol. The van der Waals surface area contributed by atoms with Crippen LogP contribution in [0.15, 0.2) is 46.5 Å². The van der Waals surface area contributed by atoms with Crippen molar-refractivity contribution in [1.29, 1.82) is 0 Å². The fraction of sp³-hybridized carbons (Fsp3) is 0.200. The number of benzene rings is 1. The first-order valence-electron chi connectivity index (χ1n) is 6.41. The van der Waals surface area contributed by atoms with E-state index in [2.05, 4.69) is 22.2 Å². The van der Waals surface area contributed by atoms with Crippen LogP contribution in [0, 0.1) is 6.92 Å². The van der Waals surface area contributed by atoms with Crippen molar-refractivity contribution in [1.82, 2.24) is 9.97 Å². The second kappa shape index (κ2) is 5.46. The lowest BCUT2D eigenvalue weighted by Gasteiger charge is -2.12. The summed E-state index contributed by atoms with van der Waals surface area (Å²) in [6.07, 6.45) is 3.50. The molecular formula is C15H15N3OS. The number of nitrogens with one attached hydrogen (secondary N) is 1. The minimum absolute atomic E-state index is 0.204. The number of hydrogen-bond donors (Lipinski definition) is 1. The number of rotatable bonds is 4. The van der Waals surface area contributed by atoms with Crippen LogP contribution >= 0.6 is 11.3 Å². The third-order valence-corrected chi connectivity index (χ3v) is 3.96. The van der Waals surface area contributed by atoms with Crippen LogP contribution in [0.3, 0.4) is 0 Å². The molecule has 0 fully saturated rings. The van der Waals surface area contributed by atoms with Gasteiger partial charge in [-0.15, -0.1) is 11.3 Å². The van der Waals surface area contributed by atoms with E-state index < -0.39 is 0 Å². The lowest BCUT2D eigenvalue weighted by Crippen LogP contribution is -2.05. The van der Waals surface area contributed by atoms with Gasteiger partial charge in [0.1, 0.15) is 17.0 Å². The molecule has 3 aromatic rings. The van der Waals surface area contributed by atoms with E-state index in [1.54, 1.807) is 17.6 Å². The second-order valence-corrected chi connectivity index (χ2v) is 5.49. The first-order chi connectivity index (χ1) is 9.72. The van der Waals surface area contributed by atoms with E-state index in [-0.39, 0.29) is 6.04 Å². The molecule has 5 heteroatoms. The Hall–Kier alpha value is -2.14. The Morgan fingerprint density at radius 1 is 1.25 bits per heavy atom. The van der Waals surface area contributed by atoms with Gasteiger partial charge in [0.2, 0.25) is 0 Å². The van der Waals surface area contributed by atoms with Crippen LogP contribution in [0.1, 0.15) is 23.9 Å². The van der Waals surface area contributed by atoms with Gasteiger partial charge in [0.25, 0.3) is 0 Å². The first kappa shape index (κ1) is 12.9. The van der Waals surface area contributed by atoms with Gasteiger partial charge in [-0.05, 0) is 19.1 Å². The smallest absolute Gasteiger partial charge is 0.191 e. The van der Waals surface area contributed by atoms with E-state index in [4.69, 9.17) is 4.42 Å². The Morgan fingerprint density at radius 3 is 2.65 bits per heavy atom. The van der Waals surface area contributed by atoms with E-state index in [1.165, 1.54) is 0 Å². The van der Waals surface area contributed by atoms with Crippen molar-refractivity contribution < 1.29 is 4.42 Å². The number of oxazole rings is 1. The van der Waals surface area contributed by atoms with Crippen molar-refractivity contribution in [3.8, 4) is 11.3 Å². The minimum Gasteiger partial charge on any atom is -0.449 e. The molecule has 0 aliphatic carbocycles. The van der Waals surface area contributed by atoms with Crippen LogP contribution in [-0.2, 0) is 0 Å². The predicted octanol–water partition coefficient (Wildman–Crippen LogP) is 4.28. The zero-order valence-electron chi connectivity index (χ0n) is 11.3. The van der Waals surface area contributed by atoms with Gasteiger partial charge >= 0.3 is 0 Å². The third-order valence-electron chi connectivity index (χ3n) is 3.00. The monoisotopic (exact) mass is 285 g/mol. The van der Waals surface area contributed by atoms with Crippen LogP contribution in [0.5, 0.6) is 0 Å². The van der Waals surface area contributed by atoms with E-state index in [0.717, 1.165) is 22.0 Å². The Morgan fingerprint density at radius 2 is 2.05 bits per heavy atom. The van der Waals surface area contributed by atoms with E-state index in [0.29, 0.717) is 5.89 Å². The van der Waals surface area contributed by atoms with Crippen LogP contribution in [0.25, 0.3) is 11.3 Å². The molecule has 4 nitrogen and oxygen atoms in total. The Balaban J connectivity index is 1.73. The first-order valence-corrected chi connectivity index (χ1v) is 7.29. The Labute approximate surface area is 121 Å². The molecule has 20 heavy (non-hydrogen) atoms. The normalized spacial score (nSPS) is 12.3.